The summed E-state index contributed by atoms with van der Waals surface area (Å²) in [6, 6.07) is 16.0. The molecule has 0 aliphatic rings. The number of aryl methyl sites for hydroxylation is 1. The molecule has 1 aromatic heterocycles. The third-order valence-electron chi connectivity index (χ3n) is 6.15. The van der Waals surface area contributed by atoms with E-state index in [4.69, 9.17) is 16.2 Å². The largest absolute Gasteiger partial charge is 0.481 e. The monoisotopic (exact) mass is 538 g/mol. The number of imidazole rings is 1. The number of carboxylic acid groups (broad SMARTS) is 1. The van der Waals surface area contributed by atoms with Crippen LogP contribution in [0, 0.1) is 5.41 Å². The molecule has 1 heterocycles. The molecule has 9 nitrogen and oxygen atoms in total. The summed E-state index contributed by atoms with van der Waals surface area (Å²) in [5.41, 5.74) is 7.25. The lowest BCUT2D eigenvalue weighted by Crippen LogP contribution is -2.33. The number of amides is 1. The second-order valence-corrected chi connectivity index (χ2v) is 8.78. The van der Waals surface area contributed by atoms with Crippen LogP contribution in [0.3, 0.4) is 0 Å². The van der Waals surface area contributed by atoms with Crippen molar-refractivity contribution in [1.29, 1.82) is 5.41 Å². The number of hydrogen-bond acceptors (Lipinski definition) is 5. The van der Waals surface area contributed by atoms with Crippen molar-refractivity contribution < 1.29 is 27.9 Å². The molecule has 0 spiro atoms. The molecule has 3 aromatic carbocycles. The molecule has 0 unspecified atom stereocenters. The Labute approximate surface area is 221 Å². The van der Waals surface area contributed by atoms with Gasteiger partial charge in [0.05, 0.1) is 29.6 Å². The predicted octanol–water partition coefficient (Wildman–Crippen LogP) is 4.61. The zero-order valence-corrected chi connectivity index (χ0v) is 20.8. The fraction of sp³-hybridized carbons (Fsp3) is 0.185. The molecule has 12 heteroatoms. The lowest BCUT2D eigenvalue weighted by molar-refractivity contribution is -0.138. The number of amidine groups is 1. The van der Waals surface area contributed by atoms with E-state index in [9.17, 15) is 22.8 Å². The SMILES string of the molecule is Cn1c(CNc2ccc(C(=N)N)cc2)nc2cc(C(=O)N(CCC(=O)O)c3cccc(C(F)(F)F)c3)ccc21. The average molecular weight is 539 g/mol. The van der Waals surface area contributed by atoms with Gasteiger partial charge in [0, 0.05) is 36.1 Å². The number of carbonyl (C=O) groups is 2. The number of nitrogen functional groups attached to an aromatic ring is 1. The minimum absolute atomic E-state index is 0.0307. The van der Waals surface area contributed by atoms with Crippen molar-refractivity contribution >= 4 is 40.1 Å². The zero-order chi connectivity index (χ0) is 28.3. The Morgan fingerprint density at radius 2 is 1.77 bits per heavy atom. The number of benzene rings is 3. The summed E-state index contributed by atoms with van der Waals surface area (Å²) in [6.45, 7) is 0.0379. The number of hydrogen-bond donors (Lipinski definition) is 4. The maximum absolute atomic E-state index is 13.4. The van der Waals surface area contributed by atoms with E-state index >= 15 is 0 Å². The van der Waals surface area contributed by atoms with Crippen LogP contribution in [0.1, 0.15) is 33.7 Å². The number of aliphatic carboxylic acids is 1. The van der Waals surface area contributed by atoms with Gasteiger partial charge in [0.1, 0.15) is 11.7 Å². The molecule has 0 fully saturated rings. The van der Waals surface area contributed by atoms with Gasteiger partial charge in [-0.05, 0) is 60.7 Å². The van der Waals surface area contributed by atoms with E-state index in [2.05, 4.69) is 10.3 Å². The fourth-order valence-corrected chi connectivity index (χ4v) is 4.05. The molecule has 0 atom stereocenters. The number of aromatic nitrogens is 2. The molecule has 4 aromatic rings. The molecule has 1 amide bonds. The first-order valence-electron chi connectivity index (χ1n) is 11.8. The predicted molar refractivity (Wildman–Crippen MR) is 141 cm³/mol. The van der Waals surface area contributed by atoms with Gasteiger partial charge in [0.2, 0.25) is 0 Å². The molecule has 0 aliphatic heterocycles. The molecule has 0 aliphatic carbocycles. The highest BCUT2D eigenvalue weighted by Crippen LogP contribution is 2.32. The van der Waals surface area contributed by atoms with Gasteiger partial charge in [-0.1, -0.05) is 6.07 Å². The van der Waals surface area contributed by atoms with E-state index < -0.39 is 30.0 Å². The molecule has 202 valence electrons. The summed E-state index contributed by atoms with van der Waals surface area (Å²) in [5.74, 6) is -1.20. The van der Waals surface area contributed by atoms with Crippen molar-refractivity contribution in [3.8, 4) is 0 Å². The maximum Gasteiger partial charge on any atom is 0.416 e. The van der Waals surface area contributed by atoms with E-state index in [-0.39, 0.29) is 23.6 Å². The van der Waals surface area contributed by atoms with E-state index in [0.29, 0.717) is 23.4 Å². The number of halogens is 3. The van der Waals surface area contributed by atoms with Crippen LogP contribution in [-0.2, 0) is 24.6 Å². The lowest BCUT2D eigenvalue weighted by Gasteiger charge is -2.23. The Morgan fingerprint density at radius 1 is 1.08 bits per heavy atom. The fourth-order valence-electron chi connectivity index (χ4n) is 4.05. The van der Waals surface area contributed by atoms with Crippen LogP contribution < -0.4 is 16.0 Å². The van der Waals surface area contributed by atoms with E-state index in [1.54, 1.807) is 30.3 Å². The van der Waals surface area contributed by atoms with Gasteiger partial charge in [0.15, 0.2) is 0 Å². The molecule has 4 rings (SSSR count). The smallest absolute Gasteiger partial charge is 0.416 e. The number of rotatable bonds is 9. The van der Waals surface area contributed by atoms with E-state index in [1.165, 1.54) is 24.3 Å². The van der Waals surface area contributed by atoms with Gasteiger partial charge in [-0.2, -0.15) is 13.2 Å². The Bertz CT molecular complexity index is 1550. The molecule has 0 radical (unpaired) electrons. The quantitative estimate of drug-likeness (QED) is 0.181. The Hall–Kier alpha value is -4.87. The van der Waals surface area contributed by atoms with Crippen molar-refractivity contribution in [2.75, 3.05) is 16.8 Å². The van der Waals surface area contributed by atoms with Crippen molar-refractivity contribution in [3.63, 3.8) is 0 Å². The number of carbonyl (C=O) groups excluding carboxylic acids is 1. The Morgan fingerprint density at radius 3 is 2.41 bits per heavy atom. The highest BCUT2D eigenvalue weighted by molar-refractivity contribution is 6.08. The third-order valence-corrected chi connectivity index (χ3v) is 6.15. The standard InChI is InChI=1S/C27H25F3N6O3/c1-35-22-10-7-17(13-21(22)34-23(35)15-33-19-8-5-16(6-9-19)25(31)32)26(39)36(12-11-24(37)38)20-4-2-3-18(14-20)27(28,29)30/h2-10,13-14,33H,11-12,15H2,1H3,(H3,31,32)(H,37,38). The van der Waals surface area contributed by atoms with Crippen LogP contribution >= 0.6 is 0 Å². The van der Waals surface area contributed by atoms with Crippen LogP contribution in [0.4, 0.5) is 24.5 Å². The minimum Gasteiger partial charge on any atom is -0.481 e. The summed E-state index contributed by atoms with van der Waals surface area (Å²) in [5, 5.41) is 19.8. The molecule has 0 bridgehead atoms. The maximum atomic E-state index is 13.4. The first kappa shape index (κ1) is 27.2. The highest BCUT2D eigenvalue weighted by atomic mass is 19.4. The summed E-state index contributed by atoms with van der Waals surface area (Å²) in [4.78, 5) is 30.2. The number of nitrogens with one attached hydrogen (secondary N) is 2. The van der Waals surface area contributed by atoms with Crippen LogP contribution in [-0.4, -0.2) is 38.9 Å². The van der Waals surface area contributed by atoms with Gasteiger partial charge >= 0.3 is 12.1 Å². The molecule has 39 heavy (non-hydrogen) atoms. The van der Waals surface area contributed by atoms with Gasteiger partial charge in [-0.3, -0.25) is 15.0 Å². The number of alkyl halides is 3. The zero-order valence-electron chi connectivity index (χ0n) is 20.8. The Balaban J connectivity index is 1.60. The number of fused-ring (bicyclic) bond motifs is 1. The number of nitrogens with zero attached hydrogens (tertiary/aromatic N) is 3. The highest BCUT2D eigenvalue weighted by Gasteiger charge is 2.31. The second kappa shape index (κ2) is 10.9. The van der Waals surface area contributed by atoms with E-state index in [0.717, 1.165) is 28.2 Å². The van der Waals surface area contributed by atoms with Crippen molar-refractivity contribution in [2.24, 2.45) is 12.8 Å². The number of nitrogens with two attached hydrogens (primary N) is 1. The van der Waals surface area contributed by atoms with Gasteiger partial charge in [-0.15, -0.1) is 0 Å². The number of carboxylic acids is 1. The van der Waals surface area contributed by atoms with E-state index in [1.807, 2.05) is 11.6 Å². The molecule has 0 saturated carbocycles. The van der Waals surface area contributed by atoms with Gasteiger partial charge in [0.25, 0.3) is 5.91 Å². The van der Waals surface area contributed by atoms with Crippen LogP contribution in [0.2, 0.25) is 0 Å². The van der Waals surface area contributed by atoms with Crippen molar-refractivity contribution in [3.05, 3.63) is 89.2 Å². The van der Waals surface area contributed by atoms with Gasteiger partial charge < -0.3 is 25.6 Å². The van der Waals surface area contributed by atoms with Crippen molar-refractivity contribution in [1.82, 2.24) is 9.55 Å². The van der Waals surface area contributed by atoms with Gasteiger partial charge in [-0.25, -0.2) is 4.98 Å². The molecular weight excluding hydrogens is 513 g/mol. The Kier molecular flexibility index (Phi) is 7.56. The first-order valence-corrected chi connectivity index (χ1v) is 11.8. The topological polar surface area (TPSA) is 137 Å². The summed E-state index contributed by atoms with van der Waals surface area (Å²) in [7, 11) is 1.81. The summed E-state index contributed by atoms with van der Waals surface area (Å²) < 4.78 is 41.7. The lowest BCUT2D eigenvalue weighted by atomic mass is 10.1. The van der Waals surface area contributed by atoms with Crippen LogP contribution in [0.5, 0.6) is 0 Å². The second-order valence-electron chi connectivity index (χ2n) is 8.78. The molecular formula is C27H25F3N6O3. The molecule has 0 saturated heterocycles. The van der Waals surface area contributed by atoms with Crippen molar-refractivity contribution in [2.45, 2.75) is 19.1 Å². The van der Waals surface area contributed by atoms with Crippen LogP contribution in [0.15, 0.2) is 66.7 Å². The normalized spacial score (nSPS) is 11.4. The third kappa shape index (κ3) is 6.17. The summed E-state index contributed by atoms with van der Waals surface area (Å²) in [6.07, 6.45) is -5.07. The average Bonchev–Trinajstić information content (AvgIpc) is 3.21. The first-order chi connectivity index (χ1) is 18.4. The molecule has 5 N–H and O–H groups in total. The summed E-state index contributed by atoms with van der Waals surface area (Å²) >= 11 is 0. The van der Waals surface area contributed by atoms with Crippen LogP contribution in [0.25, 0.3) is 11.0 Å². The minimum atomic E-state index is -4.62. The number of anilines is 2.